The van der Waals surface area contributed by atoms with Crippen molar-refractivity contribution in [2.24, 2.45) is 0 Å². The van der Waals surface area contributed by atoms with Gasteiger partial charge in [0.15, 0.2) is 0 Å². The van der Waals surface area contributed by atoms with Gasteiger partial charge in [0.1, 0.15) is 0 Å². The van der Waals surface area contributed by atoms with E-state index in [-0.39, 0.29) is 10.7 Å². The van der Waals surface area contributed by atoms with E-state index in [2.05, 4.69) is 21.2 Å². The smallest absolute Gasteiger partial charge is 0.234 e. The fraction of sp³-hybridized carbons (Fsp3) is 0.417. The summed E-state index contributed by atoms with van der Waals surface area (Å²) in [4.78, 5) is 11.5. The van der Waals surface area contributed by atoms with E-state index in [1.807, 2.05) is 30.3 Å². The second-order valence-corrected chi connectivity index (χ2v) is 5.05. The lowest BCUT2D eigenvalue weighted by Crippen LogP contribution is -2.33. The molecule has 3 heteroatoms. The number of hydrogen-bond acceptors (Lipinski definition) is 1. The molecular weight excluding hydrogens is 254 g/mol. The van der Waals surface area contributed by atoms with E-state index in [4.69, 9.17) is 0 Å². The molecule has 1 aromatic carbocycles. The average Bonchev–Trinajstić information content (AvgIpc) is 3.03. The van der Waals surface area contributed by atoms with Crippen molar-refractivity contribution in [3.8, 4) is 0 Å². The van der Waals surface area contributed by atoms with Crippen LogP contribution in [-0.4, -0.2) is 16.8 Å². The Bertz CT molecular complexity index is 335. The van der Waals surface area contributed by atoms with Crippen molar-refractivity contribution in [1.29, 1.82) is 0 Å². The Labute approximate surface area is 98.2 Å². The molecule has 0 heterocycles. The quantitative estimate of drug-likeness (QED) is 0.834. The van der Waals surface area contributed by atoms with Gasteiger partial charge in [-0.25, -0.2) is 0 Å². The molecule has 1 fully saturated rings. The number of rotatable bonds is 4. The van der Waals surface area contributed by atoms with E-state index in [1.165, 1.54) is 5.56 Å². The van der Waals surface area contributed by atoms with Crippen LogP contribution in [0.2, 0.25) is 0 Å². The molecule has 0 aromatic heterocycles. The first-order chi connectivity index (χ1) is 7.25. The van der Waals surface area contributed by atoms with Gasteiger partial charge in [0, 0.05) is 6.04 Å². The zero-order valence-electron chi connectivity index (χ0n) is 8.45. The lowest BCUT2D eigenvalue weighted by Gasteiger charge is -2.09. The van der Waals surface area contributed by atoms with Crippen molar-refractivity contribution in [2.75, 3.05) is 0 Å². The molecule has 0 radical (unpaired) electrons. The highest BCUT2D eigenvalue weighted by Gasteiger charge is 2.26. The fourth-order valence-corrected chi connectivity index (χ4v) is 1.94. The largest absolute Gasteiger partial charge is 0.352 e. The summed E-state index contributed by atoms with van der Waals surface area (Å²) in [6, 6.07) is 10.5. The van der Waals surface area contributed by atoms with Crippen molar-refractivity contribution in [3.05, 3.63) is 35.9 Å². The summed E-state index contributed by atoms with van der Waals surface area (Å²) in [6.07, 6.45) is 3.02. The zero-order valence-corrected chi connectivity index (χ0v) is 10.0. The number of carbonyl (C=O) groups is 1. The van der Waals surface area contributed by atoms with Crippen LogP contribution in [0.5, 0.6) is 0 Å². The van der Waals surface area contributed by atoms with E-state index in [0.29, 0.717) is 6.04 Å². The number of benzene rings is 1. The molecule has 0 unspecified atom stereocenters. The molecule has 80 valence electrons. The SMILES string of the molecule is O=C(NC1CC1)[C@H](Br)Cc1ccccc1. The van der Waals surface area contributed by atoms with Crippen LogP contribution < -0.4 is 5.32 Å². The van der Waals surface area contributed by atoms with Crippen LogP contribution in [0, 0.1) is 0 Å². The van der Waals surface area contributed by atoms with Gasteiger partial charge in [0.25, 0.3) is 0 Å². The second-order valence-electron chi connectivity index (χ2n) is 3.94. The lowest BCUT2D eigenvalue weighted by atomic mass is 10.1. The predicted octanol–water partition coefficient (Wildman–Crippen LogP) is 2.27. The number of amides is 1. The van der Waals surface area contributed by atoms with Crippen LogP contribution in [0.4, 0.5) is 0 Å². The molecule has 1 amide bonds. The van der Waals surface area contributed by atoms with Gasteiger partial charge in [-0.05, 0) is 24.8 Å². The van der Waals surface area contributed by atoms with Gasteiger partial charge in [-0.2, -0.15) is 0 Å². The Morgan fingerprint density at radius 3 is 2.67 bits per heavy atom. The number of nitrogens with one attached hydrogen (secondary N) is 1. The molecule has 1 atom stereocenters. The van der Waals surface area contributed by atoms with E-state index in [9.17, 15) is 4.79 Å². The Kier molecular flexibility index (Phi) is 3.41. The maximum atomic E-state index is 11.6. The maximum Gasteiger partial charge on any atom is 0.234 e. The summed E-state index contributed by atoms with van der Waals surface area (Å²) in [5.74, 6) is 0.112. The number of halogens is 1. The molecule has 0 spiro atoms. The molecule has 15 heavy (non-hydrogen) atoms. The van der Waals surface area contributed by atoms with Crippen LogP contribution >= 0.6 is 15.9 Å². The first kappa shape index (κ1) is 10.7. The summed E-state index contributed by atoms with van der Waals surface area (Å²) >= 11 is 3.42. The summed E-state index contributed by atoms with van der Waals surface area (Å²) in [5, 5.41) is 2.99. The van der Waals surface area contributed by atoms with Gasteiger partial charge < -0.3 is 5.32 Å². The maximum absolute atomic E-state index is 11.6. The molecule has 2 nitrogen and oxygen atoms in total. The highest BCUT2D eigenvalue weighted by molar-refractivity contribution is 9.10. The summed E-state index contributed by atoms with van der Waals surface area (Å²) in [5.41, 5.74) is 1.19. The molecular formula is C12H14BrNO. The zero-order chi connectivity index (χ0) is 10.7. The van der Waals surface area contributed by atoms with Gasteiger partial charge in [-0.1, -0.05) is 46.3 Å². The van der Waals surface area contributed by atoms with Crippen LogP contribution in [0.25, 0.3) is 0 Å². The molecule has 1 N–H and O–H groups in total. The number of hydrogen-bond donors (Lipinski definition) is 1. The minimum absolute atomic E-state index is 0.111. The van der Waals surface area contributed by atoms with E-state index in [1.54, 1.807) is 0 Å². The predicted molar refractivity (Wildman–Crippen MR) is 64.0 cm³/mol. The van der Waals surface area contributed by atoms with Crippen molar-refractivity contribution >= 4 is 21.8 Å². The third-order valence-electron chi connectivity index (χ3n) is 2.47. The summed E-state index contributed by atoms with van der Waals surface area (Å²) in [6.45, 7) is 0. The Morgan fingerprint density at radius 2 is 2.07 bits per heavy atom. The van der Waals surface area contributed by atoms with Crippen LogP contribution in [0.3, 0.4) is 0 Å². The fourth-order valence-electron chi connectivity index (χ4n) is 1.43. The molecule has 0 aliphatic heterocycles. The second kappa shape index (κ2) is 4.79. The normalized spacial score (nSPS) is 17.1. The van der Waals surface area contributed by atoms with Crippen LogP contribution in [0.1, 0.15) is 18.4 Å². The van der Waals surface area contributed by atoms with E-state index >= 15 is 0 Å². The first-order valence-corrected chi connectivity index (χ1v) is 6.15. The minimum atomic E-state index is -0.111. The molecule has 1 aliphatic rings. The van der Waals surface area contributed by atoms with Crippen molar-refractivity contribution in [2.45, 2.75) is 30.1 Å². The molecule has 1 aromatic rings. The van der Waals surface area contributed by atoms with Gasteiger partial charge in [-0.15, -0.1) is 0 Å². The molecule has 2 rings (SSSR count). The van der Waals surface area contributed by atoms with Gasteiger partial charge in [-0.3, -0.25) is 4.79 Å². The number of alkyl halides is 1. The average molecular weight is 268 g/mol. The first-order valence-electron chi connectivity index (χ1n) is 5.24. The monoisotopic (exact) mass is 267 g/mol. The minimum Gasteiger partial charge on any atom is -0.352 e. The van der Waals surface area contributed by atoms with Gasteiger partial charge in [0.2, 0.25) is 5.91 Å². The van der Waals surface area contributed by atoms with E-state index < -0.39 is 0 Å². The Hall–Kier alpha value is -0.830. The summed E-state index contributed by atoms with van der Waals surface area (Å²) < 4.78 is 0. The third kappa shape index (κ3) is 3.34. The van der Waals surface area contributed by atoms with E-state index in [0.717, 1.165) is 19.3 Å². The van der Waals surface area contributed by atoms with Crippen LogP contribution in [-0.2, 0) is 11.2 Å². The third-order valence-corrected chi connectivity index (χ3v) is 3.21. The van der Waals surface area contributed by atoms with Crippen molar-refractivity contribution in [1.82, 2.24) is 5.32 Å². The van der Waals surface area contributed by atoms with Crippen molar-refractivity contribution in [3.63, 3.8) is 0 Å². The summed E-state index contributed by atoms with van der Waals surface area (Å²) in [7, 11) is 0. The molecule has 0 bridgehead atoms. The molecule has 1 aliphatic carbocycles. The molecule has 0 saturated heterocycles. The number of carbonyl (C=O) groups excluding carboxylic acids is 1. The Morgan fingerprint density at radius 1 is 1.40 bits per heavy atom. The van der Waals surface area contributed by atoms with Gasteiger partial charge in [0.05, 0.1) is 4.83 Å². The van der Waals surface area contributed by atoms with Crippen LogP contribution in [0.15, 0.2) is 30.3 Å². The molecule has 1 saturated carbocycles. The highest BCUT2D eigenvalue weighted by Crippen LogP contribution is 2.20. The van der Waals surface area contributed by atoms with Gasteiger partial charge >= 0.3 is 0 Å². The Balaban J connectivity index is 1.85. The van der Waals surface area contributed by atoms with Crippen molar-refractivity contribution < 1.29 is 4.79 Å². The lowest BCUT2D eigenvalue weighted by molar-refractivity contribution is -0.120. The highest BCUT2D eigenvalue weighted by atomic mass is 79.9. The topological polar surface area (TPSA) is 29.1 Å². The standard InChI is InChI=1S/C12H14BrNO/c13-11(12(15)14-10-6-7-10)8-9-4-2-1-3-5-9/h1-5,10-11H,6-8H2,(H,14,15)/t11-/m1/s1.